The van der Waals surface area contributed by atoms with E-state index in [1.54, 1.807) is 17.9 Å². The average molecular weight is 339 g/mol. The molecule has 0 aromatic heterocycles. The van der Waals surface area contributed by atoms with E-state index in [-0.39, 0.29) is 10.8 Å². The van der Waals surface area contributed by atoms with Gasteiger partial charge in [-0.2, -0.15) is 0 Å². The van der Waals surface area contributed by atoms with Gasteiger partial charge in [-0.05, 0) is 51.1 Å². The summed E-state index contributed by atoms with van der Waals surface area (Å²) < 4.78 is 23.4. The number of hydrogen-bond acceptors (Lipinski definition) is 4. The molecule has 0 unspecified atom stereocenters. The van der Waals surface area contributed by atoms with Crippen molar-refractivity contribution in [1.82, 2.24) is 9.80 Å². The highest BCUT2D eigenvalue weighted by Gasteiger charge is 2.34. The summed E-state index contributed by atoms with van der Waals surface area (Å²) >= 11 is 0. The van der Waals surface area contributed by atoms with Crippen molar-refractivity contribution in [3.63, 3.8) is 0 Å². The van der Waals surface area contributed by atoms with Crippen LogP contribution in [0.2, 0.25) is 0 Å². The zero-order valence-electron chi connectivity index (χ0n) is 14.3. The quantitative estimate of drug-likeness (QED) is 0.889. The number of likely N-dealkylation sites (tertiary alicyclic amines) is 1. The lowest BCUT2D eigenvalue weighted by Gasteiger charge is -2.22. The van der Waals surface area contributed by atoms with E-state index in [0.717, 1.165) is 5.56 Å². The molecule has 6 nitrogen and oxygen atoms in total. The van der Waals surface area contributed by atoms with E-state index in [2.05, 4.69) is 11.8 Å². The van der Waals surface area contributed by atoms with E-state index in [1.807, 2.05) is 21.0 Å². The summed E-state index contributed by atoms with van der Waals surface area (Å²) in [5.41, 5.74) is 1.73. The predicted octanol–water partition coefficient (Wildman–Crippen LogP) is 0.973. The smallest absolute Gasteiger partial charge is 0.254 e. The number of nitrogens with two attached hydrogens (primary N) is 1. The standard InChI is InChI=1S/C16H25N3O3S/c1-10-6-11(2)15(23(17,21)22)7-13(10)16(20)19-8-12(3)14(9-19)18(4)5/h6-7,12,14H,8-9H2,1-5H3,(H2,17,21,22)/t12-,14+/m0/s1. The van der Waals surface area contributed by atoms with Crippen molar-refractivity contribution in [2.75, 3.05) is 27.2 Å². The maximum atomic E-state index is 12.8. The predicted molar refractivity (Wildman–Crippen MR) is 89.8 cm³/mol. The molecule has 23 heavy (non-hydrogen) atoms. The van der Waals surface area contributed by atoms with E-state index < -0.39 is 10.0 Å². The van der Waals surface area contributed by atoms with E-state index in [9.17, 15) is 13.2 Å². The van der Waals surface area contributed by atoms with Crippen LogP contribution < -0.4 is 5.14 Å². The third-order valence-electron chi connectivity index (χ3n) is 4.58. The van der Waals surface area contributed by atoms with E-state index in [1.165, 1.54) is 6.07 Å². The van der Waals surface area contributed by atoms with Crippen molar-refractivity contribution >= 4 is 15.9 Å². The fourth-order valence-corrected chi connectivity index (χ4v) is 4.12. The third-order valence-corrected chi connectivity index (χ3v) is 5.63. The summed E-state index contributed by atoms with van der Waals surface area (Å²) in [6, 6.07) is 3.42. The number of hydrogen-bond donors (Lipinski definition) is 1. The van der Waals surface area contributed by atoms with Gasteiger partial charge in [0.2, 0.25) is 10.0 Å². The third kappa shape index (κ3) is 3.57. The highest BCUT2D eigenvalue weighted by molar-refractivity contribution is 7.89. The van der Waals surface area contributed by atoms with Crippen LogP contribution in [0.4, 0.5) is 0 Å². The second kappa shape index (κ2) is 6.22. The van der Waals surface area contributed by atoms with E-state index in [0.29, 0.717) is 36.2 Å². The highest BCUT2D eigenvalue weighted by atomic mass is 32.2. The van der Waals surface area contributed by atoms with Crippen LogP contribution in [0.1, 0.15) is 28.4 Å². The Morgan fingerprint density at radius 3 is 2.30 bits per heavy atom. The maximum Gasteiger partial charge on any atom is 0.254 e. The van der Waals surface area contributed by atoms with Crippen molar-refractivity contribution < 1.29 is 13.2 Å². The molecule has 1 saturated heterocycles. The van der Waals surface area contributed by atoms with Gasteiger partial charge in [0, 0.05) is 24.7 Å². The molecular weight excluding hydrogens is 314 g/mol. The summed E-state index contributed by atoms with van der Waals surface area (Å²) in [6.07, 6.45) is 0. The number of likely N-dealkylation sites (N-methyl/N-ethyl adjacent to an activating group) is 1. The number of sulfonamides is 1. The van der Waals surface area contributed by atoms with Gasteiger partial charge in [0.05, 0.1) is 4.90 Å². The molecule has 0 bridgehead atoms. The Kier molecular flexibility index (Phi) is 4.84. The van der Waals surface area contributed by atoms with Crippen LogP contribution in [0, 0.1) is 19.8 Å². The van der Waals surface area contributed by atoms with Gasteiger partial charge in [-0.1, -0.05) is 13.0 Å². The summed E-state index contributed by atoms with van der Waals surface area (Å²) in [5.74, 6) is 0.237. The zero-order valence-corrected chi connectivity index (χ0v) is 15.1. The van der Waals surface area contributed by atoms with Gasteiger partial charge in [-0.25, -0.2) is 13.6 Å². The van der Waals surface area contributed by atoms with Crippen molar-refractivity contribution in [3.8, 4) is 0 Å². The first kappa shape index (κ1) is 17.9. The zero-order chi connectivity index (χ0) is 17.5. The Bertz CT molecular complexity index is 728. The Balaban J connectivity index is 2.37. The lowest BCUT2D eigenvalue weighted by Crippen LogP contribution is -2.36. The summed E-state index contributed by atoms with van der Waals surface area (Å²) in [7, 11) is 0.167. The minimum Gasteiger partial charge on any atom is -0.337 e. The summed E-state index contributed by atoms with van der Waals surface area (Å²) in [4.78, 5) is 16.8. The second-order valence-electron chi connectivity index (χ2n) is 6.70. The highest BCUT2D eigenvalue weighted by Crippen LogP contribution is 2.25. The lowest BCUT2D eigenvalue weighted by atomic mass is 10.0. The van der Waals surface area contributed by atoms with Gasteiger partial charge in [0.25, 0.3) is 5.91 Å². The first-order valence-corrected chi connectivity index (χ1v) is 9.16. The van der Waals surface area contributed by atoms with Crippen LogP contribution in [0.15, 0.2) is 17.0 Å². The van der Waals surface area contributed by atoms with Crippen molar-refractivity contribution in [2.45, 2.75) is 31.7 Å². The number of amides is 1. The summed E-state index contributed by atoms with van der Waals surface area (Å²) in [5, 5.41) is 5.25. The lowest BCUT2D eigenvalue weighted by molar-refractivity contribution is 0.0780. The van der Waals surface area contributed by atoms with Crippen LogP contribution in [-0.4, -0.2) is 57.4 Å². The molecule has 1 amide bonds. The van der Waals surface area contributed by atoms with Gasteiger partial charge >= 0.3 is 0 Å². The van der Waals surface area contributed by atoms with Crippen LogP contribution in [0.5, 0.6) is 0 Å². The number of rotatable bonds is 3. The Labute approximate surface area is 138 Å². The van der Waals surface area contributed by atoms with Gasteiger partial charge < -0.3 is 9.80 Å². The molecule has 0 aliphatic carbocycles. The van der Waals surface area contributed by atoms with Crippen LogP contribution >= 0.6 is 0 Å². The largest absolute Gasteiger partial charge is 0.337 e. The molecule has 7 heteroatoms. The molecule has 1 heterocycles. The number of benzene rings is 1. The minimum atomic E-state index is -3.84. The molecule has 0 spiro atoms. The Morgan fingerprint density at radius 1 is 1.22 bits per heavy atom. The average Bonchev–Trinajstić information content (AvgIpc) is 2.78. The number of nitrogens with zero attached hydrogens (tertiary/aromatic N) is 2. The Hall–Kier alpha value is -1.44. The monoisotopic (exact) mass is 339 g/mol. The van der Waals surface area contributed by atoms with E-state index >= 15 is 0 Å². The first-order chi connectivity index (χ1) is 10.5. The fourth-order valence-electron chi connectivity index (χ4n) is 3.33. The number of carbonyl (C=O) groups is 1. The van der Waals surface area contributed by atoms with Crippen molar-refractivity contribution in [2.24, 2.45) is 11.1 Å². The fraction of sp³-hybridized carbons (Fsp3) is 0.562. The maximum absolute atomic E-state index is 12.8. The number of carbonyl (C=O) groups excluding carboxylic acids is 1. The van der Waals surface area contributed by atoms with Gasteiger partial charge in [0.1, 0.15) is 0 Å². The number of aryl methyl sites for hydroxylation is 2. The molecule has 1 aliphatic rings. The van der Waals surface area contributed by atoms with Crippen LogP contribution in [0.25, 0.3) is 0 Å². The molecular formula is C16H25N3O3S. The van der Waals surface area contributed by atoms with Crippen LogP contribution in [0.3, 0.4) is 0 Å². The topological polar surface area (TPSA) is 83.7 Å². The SMILES string of the molecule is Cc1cc(C)c(S(N)(=O)=O)cc1C(=O)N1C[C@@H](N(C)C)[C@@H](C)C1. The molecule has 1 fully saturated rings. The molecule has 1 aromatic rings. The molecule has 0 radical (unpaired) electrons. The molecule has 1 aliphatic heterocycles. The van der Waals surface area contributed by atoms with Gasteiger partial charge in [0.15, 0.2) is 0 Å². The molecule has 2 atom stereocenters. The Morgan fingerprint density at radius 2 is 1.83 bits per heavy atom. The molecule has 0 saturated carbocycles. The molecule has 2 rings (SSSR count). The minimum absolute atomic E-state index is 0.0165. The molecule has 128 valence electrons. The van der Waals surface area contributed by atoms with Crippen molar-refractivity contribution in [3.05, 3.63) is 28.8 Å². The normalized spacial score (nSPS) is 22.0. The molecule has 2 N–H and O–H groups in total. The van der Waals surface area contributed by atoms with Gasteiger partial charge in [-0.3, -0.25) is 4.79 Å². The molecule has 1 aromatic carbocycles. The second-order valence-corrected chi connectivity index (χ2v) is 8.23. The summed E-state index contributed by atoms with van der Waals surface area (Å²) in [6.45, 7) is 6.93. The number of primary sulfonamides is 1. The van der Waals surface area contributed by atoms with Crippen LogP contribution in [-0.2, 0) is 10.0 Å². The van der Waals surface area contributed by atoms with E-state index in [4.69, 9.17) is 5.14 Å². The first-order valence-electron chi connectivity index (χ1n) is 7.62. The van der Waals surface area contributed by atoms with Gasteiger partial charge in [-0.15, -0.1) is 0 Å². The van der Waals surface area contributed by atoms with Crippen molar-refractivity contribution in [1.29, 1.82) is 0 Å².